The van der Waals surface area contributed by atoms with Crippen molar-refractivity contribution in [3.8, 4) is 0 Å². The molecule has 7 nitrogen and oxygen atoms in total. The first-order chi connectivity index (χ1) is 13.5. The smallest absolute Gasteiger partial charge is 0.409 e. The molecule has 1 rings (SSSR count). The van der Waals surface area contributed by atoms with E-state index in [2.05, 4.69) is 5.32 Å². The van der Waals surface area contributed by atoms with Crippen molar-refractivity contribution in [3.63, 3.8) is 0 Å². The van der Waals surface area contributed by atoms with Crippen LogP contribution in [0.15, 0.2) is 11.6 Å². The topological polar surface area (TPSA) is 90.9 Å². The van der Waals surface area contributed by atoms with Crippen LogP contribution in [-0.2, 0) is 23.4 Å². The van der Waals surface area contributed by atoms with Gasteiger partial charge in [0.15, 0.2) is 8.03 Å². The third-order valence-corrected chi connectivity index (χ3v) is 5.76. The molecule has 168 valence electrons. The molecule has 8 heteroatoms. The van der Waals surface area contributed by atoms with Gasteiger partial charge < -0.3 is 14.0 Å². The Morgan fingerprint density at radius 2 is 1.79 bits per heavy atom. The molecule has 2 unspecified atom stereocenters. The Balaban J connectivity index is 2.80. The van der Waals surface area contributed by atoms with Gasteiger partial charge in [0.1, 0.15) is 11.8 Å². The molecule has 1 fully saturated rings. The Morgan fingerprint density at radius 1 is 1.17 bits per heavy atom. The maximum atomic E-state index is 12.7. The maximum absolute atomic E-state index is 12.7. The van der Waals surface area contributed by atoms with Gasteiger partial charge in [-0.2, -0.15) is 0 Å². The summed E-state index contributed by atoms with van der Waals surface area (Å²) >= 11 is 0. The van der Waals surface area contributed by atoms with Crippen molar-refractivity contribution < 1.29 is 28.2 Å². The van der Waals surface area contributed by atoms with E-state index in [9.17, 15) is 14.2 Å². The first kappa shape index (κ1) is 25.7. The van der Waals surface area contributed by atoms with Gasteiger partial charge in [-0.05, 0) is 39.0 Å². The summed E-state index contributed by atoms with van der Waals surface area (Å²) in [6, 6.07) is 0. The summed E-state index contributed by atoms with van der Waals surface area (Å²) in [6.07, 6.45) is 6.65. The quantitative estimate of drug-likeness (QED) is 0.238. The van der Waals surface area contributed by atoms with E-state index in [1.54, 1.807) is 26.8 Å². The van der Waals surface area contributed by atoms with E-state index in [1.807, 2.05) is 13.8 Å². The molecular weight excluding hydrogens is 393 g/mol. The van der Waals surface area contributed by atoms with E-state index in [0.29, 0.717) is 17.9 Å². The highest BCUT2D eigenvalue weighted by Crippen LogP contribution is 2.33. The lowest BCUT2D eigenvalue weighted by molar-refractivity contribution is -0.136. The minimum atomic E-state index is -2.61. The van der Waals surface area contributed by atoms with Crippen LogP contribution in [0.25, 0.3) is 0 Å². The van der Waals surface area contributed by atoms with Crippen molar-refractivity contribution in [1.29, 1.82) is 0 Å². The molecule has 1 amide bonds. The molecule has 0 heterocycles. The van der Waals surface area contributed by atoms with Crippen molar-refractivity contribution in [2.45, 2.75) is 85.0 Å². The lowest BCUT2D eigenvalue weighted by Gasteiger charge is -2.28. The predicted octanol–water partition coefficient (Wildman–Crippen LogP) is 5.05. The highest BCUT2D eigenvalue weighted by atomic mass is 31.1. The Morgan fingerprint density at radius 3 is 2.31 bits per heavy atom. The number of methoxy groups -OCH3 is 1. The standard InChI is InChI=1S/C21H38NO6P/c1-15(2)12-17(19(23)26-6)14-29(25)28-18(13-16-10-8-7-9-11-16)22-20(24)27-21(3,4)5/h12,15-16,18,29H,7-11,13-14H2,1-6H3,(H,22,24)/b17-12-. The average Bonchev–Trinajstić information content (AvgIpc) is 2.59. The summed E-state index contributed by atoms with van der Waals surface area (Å²) in [5.41, 5.74) is -0.303. The second-order valence-corrected chi connectivity index (χ2v) is 10.3. The van der Waals surface area contributed by atoms with Gasteiger partial charge in [0.25, 0.3) is 0 Å². The third-order valence-electron chi connectivity index (χ3n) is 4.54. The van der Waals surface area contributed by atoms with E-state index in [4.69, 9.17) is 14.0 Å². The molecule has 0 saturated heterocycles. The highest BCUT2D eigenvalue weighted by molar-refractivity contribution is 7.39. The fourth-order valence-electron chi connectivity index (χ4n) is 3.39. The van der Waals surface area contributed by atoms with Gasteiger partial charge in [-0.3, -0.25) is 9.88 Å². The number of hydrogen-bond acceptors (Lipinski definition) is 6. The molecule has 0 bridgehead atoms. The molecule has 1 aliphatic carbocycles. The van der Waals surface area contributed by atoms with Gasteiger partial charge in [0.05, 0.1) is 13.3 Å². The van der Waals surface area contributed by atoms with Crippen molar-refractivity contribution in [1.82, 2.24) is 5.32 Å². The Labute approximate surface area is 175 Å². The Kier molecular flexibility index (Phi) is 11.0. The molecule has 0 aliphatic heterocycles. The number of alkyl carbamates (subject to hydrolysis) is 1. The highest BCUT2D eigenvalue weighted by Gasteiger charge is 2.26. The minimum Gasteiger partial charge on any atom is -0.466 e. The number of amides is 1. The fourth-order valence-corrected chi connectivity index (χ4v) is 4.52. The van der Waals surface area contributed by atoms with E-state index < -0.39 is 31.9 Å². The Bertz CT molecular complexity index is 590. The molecule has 0 aromatic rings. The van der Waals surface area contributed by atoms with Crippen LogP contribution in [0.4, 0.5) is 4.79 Å². The predicted molar refractivity (Wildman–Crippen MR) is 114 cm³/mol. The SMILES string of the molecule is COC(=O)/C(=C\C(C)C)C[PH](=O)OC(CC1CCCCC1)NC(=O)OC(C)(C)C. The molecular formula is C21H38NO6P. The van der Waals surface area contributed by atoms with Gasteiger partial charge in [0, 0.05) is 5.57 Å². The van der Waals surface area contributed by atoms with E-state index in [0.717, 1.165) is 25.7 Å². The molecule has 29 heavy (non-hydrogen) atoms. The molecule has 0 radical (unpaired) electrons. The summed E-state index contributed by atoms with van der Waals surface area (Å²) in [6.45, 7) is 9.21. The van der Waals surface area contributed by atoms with Gasteiger partial charge in [-0.15, -0.1) is 0 Å². The molecule has 0 aromatic heterocycles. The number of nitrogens with one attached hydrogen (secondary N) is 1. The Hall–Kier alpha value is -1.33. The number of carbonyl (C=O) groups excluding carboxylic acids is 2. The molecule has 1 aliphatic rings. The summed E-state index contributed by atoms with van der Waals surface area (Å²) in [5.74, 6) is 0.00572. The number of hydrogen-bond donors (Lipinski definition) is 1. The van der Waals surface area contributed by atoms with Crippen molar-refractivity contribution in [2.75, 3.05) is 13.3 Å². The molecule has 0 spiro atoms. The number of allylic oxidation sites excluding steroid dienone is 1. The van der Waals surface area contributed by atoms with E-state index in [-0.39, 0.29) is 12.1 Å². The summed E-state index contributed by atoms with van der Waals surface area (Å²) < 4.78 is 28.5. The zero-order valence-electron chi connectivity index (χ0n) is 18.7. The van der Waals surface area contributed by atoms with Gasteiger partial charge in [-0.25, -0.2) is 9.59 Å². The molecule has 1 N–H and O–H groups in total. The van der Waals surface area contributed by atoms with Crippen LogP contribution >= 0.6 is 8.03 Å². The second-order valence-electron chi connectivity index (χ2n) is 8.97. The summed E-state index contributed by atoms with van der Waals surface area (Å²) in [4.78, 5) is 24.2. The molecule has 0 aromatic carbocycles. The largest absolute Gasteiger partial charge is 0.466 e. The van der Waals surface area contributed by atoms with Crippen LogP contribution in [0, 0.1) is 11.8 Å². The van der Waals surface area contributed by atoms with E-state index in [1.165, 1.54) is 13.5 Å². The van der Waals surface area contributed by atoms with Gasteiger partial charge in [-0.1, -0.05) is 52.0 Å². The number of esters is 1. The monoisotopic (exact) mass is 431 g/mol. The van der Waals surface area contributed by atoms with Crippen molar-refractivity contribution in [3.05, 3.63) is 11.6 Å². The molecule has 2 atom stereocenters. The summed E-state index contributed by atoms with van der Waals surface area (Å²) in [7, 11) is -1.32. The third kappa shape index (κ3) is 11.4. The van der Waals surface area contributed by atoms with Crippen molar-refractivity contribution >= 4 is 20.1 Å². The van der Waals surface area contributed by atoms with Gasteiger partial charge in [0.2, 0.25) is 0 Å². The van der Waals surface area contributed by atoms with Gasteiger partial charge >= 0.3 is 12.1 Å². The zero-order chi connectivity index (χ0) is 22.0. The normalized spacial score (nSPS) is 18.2. The van der Waals surface area contributed by atoms with Crippen LogP contribution in [0.3, 0.4) is 0 Å². The van der Waals surface area contributed by atoms with Crippen molar-refractivity contribution in [2.24, 2.45) is 11.8 Å². The van der Waals surface area contributed by atoms with Crippen LogP contribution in [0.5, 0.6) is 0 Å². The van der Waals surface area contributed by atoms with Crippen LogP contribution < -0.4 is 5.32 Å². The number of ether oxygens (including phenoxy) is 2. The minimum absolute atomic E-state index is 0.0211. The number of carbonyl (C=O) groups is 2. The first-order valence-corrected chi connectivity index (χ1v) is 12.0. The maximum Gasteiger partial charge on any atom is 0.409 e. The average molecular weight is 432 g/mol. The lowest BCUT2D eigenvalue weighted by Crippen LogP contribution is -2.41. The number of rotatable bonds is 9. The molecule has 1 saturated carbocycles. The lowest BCUT2D eigenvalue weighted by atomic mass is 9.86. The zero-order valence-corrected chi connectivity index (χ0v) is 19.7. The van der Waals surface area contributed by atoms with E-state index >= 15 is 0 Å². The summed E-state index contributed by atoms with van der Waals surface area (Å²) in [5, 5.41) is 2.72. The van der Waals surface area contributed by atoms with Crippen LogP contribution in [-0.4, -0.2) is 37.2 Å². The first-order valence-electron chi connectivity index (χ1n) is 10.5. The second kappa shape index (κ2) is 12.4. The van der Waals surface area contributed by atoms with Crippen LogP contribution in [0.2, 0.25) is 0 Å². The van der Waals surface area contributed by atoms with Crippen LogP contribution in [0.1, 0.15) is 73.1 Å². The fraction of sp³-hybridized carbons (Fsp3) is 0.810.